The van der Waals surface area contributed by atoms with Gasteiger partial charge < -0.3 is 9.47 Å². The highest BCUT2D eigenvalue weighted by Crippen LogP contribution is 2.33. The van der Waals surface area contributed by atoms with Crippen LogP contribution in [0.25, 0.3) is 0 Å². The van der Waals surface area contributed by atoms with E-state index in [4.69, 9.17) is 29.4 Å². The molecule has 0 bridgehead atoms. The summed E-state index contributed by atoms with van der Waals surface area (Å²) in [5.41, 5.74) is 0. The molecule has 2 fully saturated rings. The van der Waals surface area contributed by atoms with E-state index in [0.29, 0.717) is 0 Å². The van der Waals surface area contributed by atoms with Gasteiger partial charge in [0.1, 0.15) is 12.2 Å². The Hall–Kier alpha value is 0.280. The smallest absolute Gasteiger partial charge is 0.305 e. The van der Waals surface area contributed by atoms with E-state index in [-0.39, 0.29) is 18.1 Å². The molecule has 0 saturated carbocycles. The molecule has 0 aliphatic carbocycles. The van der Waals surface area contributed by atoms with Gasteiger partial charge in [-0.2, -0.15) is 4.21 Å². The van der Waals surface area contributed by atoms with E-state index in [9.17, 15) is 4.21 Å². The molecule has 2 unspecified atom stereocenters. The molecule has 0 spiro atoms. The molecule has 0 radical (unpaired) electrons. The molecular formula is C6H9ClO5S. The van der Waals surface area contributed by atoms with Crippen molar-refractivity contribution in [2.24, 2.45) is 0 Å². The van der Waals surface area contributed by atoms with Crippen LogP contribution in [0.15, 0.2) is 0 Å². The standard InChI is InChI=1S/C6H9ClO5S/c1-9-6-5-4(3(2-7)10-6)11-13(8)12-5/h3-6H,2H2,1H3/t3-,4-,5-,6?,13?/m1/s1. The predicted octanol–water partition coefficient (Wildman–Crippen LogP) is -0.0408. The molecule has 5 atom stereocenters. The summed E-state index contributed by atoms with van der Waals surface area (Å²) >= 11 is 3.93. The average Bonchev–Trinajstić information content (AvgIpc) is 2.61. The van der Waals surface area contributed by atoms with Gasteiger partial charge in [-0.15, -0.1) is 11.6 Å². The highest BCUT2D eigenvalue weighted by molar-refractivity contribution is 7.75. The molecule has 76 valence electrons. The molecule has 2 aliphatic heterocycles. The minimum Gasteiger partial charge on any atom is -0.353 e. The fourth-order valence-corrected chi connectivity index (χ4v) is 2.52. The van der Waals surface area contributed by atoms with E-state index in [2.05, 4.69) is 0 Å². The third-order valence-corrected chi connectivity index (χ3v) is 3.09. The van der Waals surface area contributed by atoms with Gasteiger partial charge in [-0.1, -0.05) is 0 Å². The van der Waals surface area contributed by atoms with Crippen LogP contribution in [0.3, 0.4) is 0 Å². The Bertz CT molecular complexity index is 205. The average molecular weight is 229 g/mol. The Kier molecular flexibility index (Phi) is 2.87. The Labute approximate surface area is 83.1 Å². The van der Waals surface area contributed by atoms with E-state index in [1.807, 2.05) is 0 Å². The number of rotatable bonds is 2. The van der Waals surface area contributed by atoms with Crippen LogP contribution in [-0.2, 0) is 29.2 Å². The van der Waals surface area contributed by atoms with Crippen LogP contribution < -0.4 is 0 Å². The van der Waals surface area contributed by atoms with Crippen LogP contribution in [0.1, 0.15) is 0 Å². The van der Waals surface area contributed by atoms with Gasteiger partial charge in [0.15, 0.2) is 12.4 Å². The fourth-order valence-electron chi connectivity index (χ4n) is 1.43. The Balaban J connectivity index is 2.11. The molecule has 2 saturated heterocycles. The van der Waals surface area contributed by atoms with Crippen LogP contribution in [-0.4, -0.2) is 41.8 Å². The van der Waals surface area contributed by atoms with E-state index in [0.717, 1.165) is 0 Å². The number of methoxy groups -OCH3 is 1. The minimum absolute atomic E-state index is 0.265. The van der Waals surface area contributed by atoms with Gasteiger partial charge in [-0.05, 0) is 0 Å². The molecule has 5 nitrogen and oxygen atoms in total. The van der Waals surface area contributed by atoms with Gasteiger partial charge in [0.25, 0.3) is 0 Å². The van der Waals surface area contributed by atoms with Crippen molar-refractivity contribution >= 4 is 23.0 Å². The largest absolute Gasteiger partial charge is 0.353 e. The van der Waals surface area contributed by atoms with E-state index in [1.165, 1.54) is 7.11 Å². The first-order valence-corrected chi connectivity index (χ1v) is 5.30. The van der Waals surface area contributed by atoms with Crippen molar-refractivity contribution in [2.75, 3.05) is 13.0 Å². The summed E-state index contributed by atoms with van der Waals surface area (Å²) in [6, 6.07) is 0. The molecule has 0 aromatic heterocycles. The van der Waals surface area contributed by atoms with Crippen molar-refractivity contribution in [3.63, 3.8) is 0 Å². The maximum atomic E-state index is 10.9. The van der Waals surface area contributed by atoms with Gasteiger partial charge >= 0.3 is 11.4 Å². The topological polar surface area (TPSA) is 54.0 Å². The Morgan fingerprint density at radius 3 is 2.77 bits per heavy atom. The summed E-state index contributed by atoms with van der Waals surface area (Å²) < 4.78 is 31.2. The van der Waals surface area contributed by atoms with Crippen molar-refractivity contribution in [1.82, 2.24) is 0 Å². The zero-order valence-corrected chi connectivity index (χ0v) is 8.42. The van der Waals surface area contributed by atoms with Crippen LogP contribution >= 0.6 is 11.6 Å². The van der Waals surface area contributed by atoms with Gasteiger partial charge in [-0.25, -0.2) is 0 Å². The zero-order valence-electron chi connectivity index (χ0n) is 6.84. The second kappa shape index (κ2) is 3.80. The van der Waals surface area contributed by atoms with E-state index < -0.39 is 23.8 Å². The van der Waals surface area contributed by atoms with Crippen molar-refractivity contribution in [3.8, 4) is 0 Å². The number of alkyl halides is 1. The third-order valence-electron chi connectivity index (χ3n) is 2.03. The number of hydrogen-bond acceptors (Lipinski definition) is 5. The van der Waals surface area contributed by atoms with Crippen molar-refractivity contribution in [1.29, 1.82) is 0 Å². The van der Waals surface area contributed by atoms with Crippen LogP contribution in [0.4, 0.5) is 0 Å². The molecular weight excluding hydrogens is 220 g/mol. The minimum atomic E-state index is -1.69. The van der Waals surface area contributed by atoms with Crippen LogP contribution in [0.5, 0.6) is 0 Å². The fraction of sp³-hybridized carbons (Fsp3) is 1.00. The number of fused-ring (bicyclic) bond motifs is 1. The first-order chi connectivity index (χ1) is 6.26. The lowest BCUT2D eigenvalue weighted by Crippen LogP contribution is -2.30. The van der Waals surface area contributed by atoms with Gasteiger partial charge in [0.05, 0.1) is 5.88 Å². The second-order valence-corrected chi connectivity index (χ2v) is 3.86. The maximum Gasteiger partial charge on any atom is 0.305 e. The number of halogens is 1. The van der Waals surface area contributed by atoms with Gasteiger partial charge in [0.2, 0.25) is 0 Å². The van der Waals surface area contributed by atoms with Crippen LogP contribution in [0, 0.1) is 0 Å². The SMILES string of the molecule is COC1O[C@H](CCl)[C@H]2OS(=O)O[C@@H]12. The molecule has 0 aromatic carbocycles. The zero-order chi connectivity index (χ0) is 9.42. The van der Waals surface area contributed by atoms with Gasteiger partial charge in [-0.3, -0.25) is 8.37 Å². The molecule has 2 rings (SSSR count). The summed E-state index contributed by atoms with van der Waals surface area (Å²) in [7, 11) is 1.49. The molecule has 7 heteroatoms. The highest BCUT2D eigenvalue weighted by Gasteiger charge is 2.52. The van der Waals surface area contributed by atoms with Gasteiger partial charge in [0, 0.05) is 7.11 Å². The summed E-state index contributed by atoms with van der Waals surface area (Å²) in [6.07, 6.45) is -1.68. The Morgan fingerprint density at radius 1 is 1.46 bits per heavy atom. The third kappa shape index (κ3) is 1.62. The normalized spacial score (nSPS) is 49.5. The summed E-state index contributed by atoms with van der Waals surface area (Å²) in [5.74, 6) is 0.265. The summed E-state index contributed by atoms with van der Waals surface area (Å²) in [6.45, 7) is 0. The monoisotopic (exact) mass is 228 g/mol. The predicted molar refractivity (Wildman–Crippen MR) is 44.3 cm³/mol. The van der Waals surface area contributed by atoms with Crippen molar-refractivity contribution < 1.29 is 22.0 Å². The molecule has 0 N–H and O–H groups in total. The quantitative estimate of drug-likeness (QED) is 0.621. The van der Waals surface area contributed by atoms with E-state index >= 15 is 0 Å². The summed E-state index contributed by atoms with van der Waals surface area (Å²) in [4.78, 5) is 0. The van der Waals surface area contributed by atoms with Crippen LogP contribution in [0.2, 0.25) is 0 Å². The van der Waals surface area contributed by atoms with Crippen molar-refractivity contribution in [3.05, 3.63) is 0 Å². The van der Waals surface area contributed by atoms with E-state index in [1.54, 1.807) is 0 Å². The molecule has 2 heterocycles. The number of ether oxygens (including phenoxy) is 2. The molecule has 2 aliphatic rings. The molecule has 13 heavy (non-hydrogen) atoms. The molecule has 0 aromatic rings. The summed E-state index contributed by atoms with van der Waals surface area (Å²) in [5, 5.41) is 0. The maximum absolute atomic E-state index is 10.9. The Morgan fingerprint density at radius 2 is 2.15 bits per heavy atom. The molecule has 0 amide bonds. The lowest BCUT2D eigenvalue weighted by Gasteiger charge is -2.12. The van der Waals surface area contributed by atoms with Crippen molar-refractivity contribution in [2.45, 2.75) is 24.6 Å². The number of hydrogen-bond donors (Lipinski definition) is 0. The highest BCUT2D eigenvalue weighted by atomic mass is 35.5. The lowest BCUT2D eigenvalue weighted by atomic mass is 10.2. The second-order valence-electron chi connectivity index (χ2n) is 2.76. The first kappa shape index (κ1) is 9.82. The lowest BCUT2D eigenvalue weighted by molar-refractivity contribution is -0.138. The first-order valence-electron chi connectivity index (χ1n) is 3.76.